The molecule has 1 aliphatic rings. The van der Waals surface area contributed by atoms with Crippen LogP contribution in [0.1, 0.15) is 18.6 Å². The van der Waals surface area contributed by atoms with E-state index in [2.05, 4.69) is 22.5 Å². The van der Waals surface area contributed by atoms with E-state index < -0.39 is 16.1 Å². The smallest absolute Gasteiger partial charge is 0.243 e. The highest BCUT2D eigenvalue weighted by Crippen LogP contribution is 2.28. The van der Waals surface area contributed by atoms with E-state index in [1.165, 1.54) is 4.31 Å². The van der Waals surface area contributed by atoms with Crippen LogP contribution in [0.3, 0.4) is 0 Å². The molecule has 3 aromatic rings. The van der Waals surface area contributed by atoms with Gasteiger partial charge in [0.2, 0.25) is 10.0 Å². The van der Waals surface area contributed by atoms with Crippen molar-refractivity contribution in [2.75, 3.05) is 39.8 Å². The molecule has 1 fully saturated rings. The average molecular weight is 444 g/mol. The molecule has 4 rings (SSSR count). The van der Waals surface area contributed by atoms with Crippen LogP contribution in [0.4, 0.5) is 0 Å². The predicted molar refractivity (Wildman–Crippen MR) is 121 cm³/mol. The molecule has 1 aromatic heterocycles. The fourth-order valence-corrected chi connectivity index (χ4v) is 5.62. The number of piperazine rings is 1. The molecule has 7 nitrogen and oxygen atoms in total. The average Bonchev–Trinajstić information content (AvgIpc) is 3.18. The molecule has 0 amide bonds. The number of sulfonamides is 1. The zero-order valence-electron chi connectivity index (χ0n) is 17.9. The van der Waals surface area contributed by atoms with Gasteiger partial charge in [-0.05, 0) is 37.3 Å². The number of rotatable bonds is 7. The Kier molecular flexibility index (Phi) is 6.34. The van der Waals surface area contributed by atoms with Gasteiger partial charge in [-0.1, -0.05) is 18.2 Å². The molecule has 1 atom stereocenters. The van der Waals surface area contributed by atoms with Gasteiger partial charge >= 0.3 is 0 Å². The summed E-state index contributed by atoms with van der Waals surface area (Å²) in [6.45, 7) is 5.38. The van der Waals surface area contributed by atoms with Gasteiger partial charge in [0, 0.05) is 61.9 Å². The number of para-hydroxylation sites is 1. The van der Waals surface area contributed by atoms with Crippen molar-refractivity contribution in [3.8, 4) is 5.75 Å². The first-order valence-electron chi connectivity index (χ1n) is 10.6. The van der Waals surface area contributed by atoms with Crippen LogP contribution in [0.5, 0.6) is 5.75 Å². The van der Waals surface area contributed by atoms with Gasteiger partial charge in [-0.15, -0.1) is 0 Å². The molecule has 1 saturated heterocycles. The molecule has 0 saturated carbocycles. The Bertz CT molecular complexity index is 1130. The summed E-state index contributed by atoms with van der Waals surface area (Å²) in [6.07, 6.45) is 1.40. The third-order valence-electron chi connectivity index (χ3n) is 5.98. The second-order valence-electron chi connectivity index (χ2n) is 7.78. The summed E-state index contributed by atoms with van der Waals surface area (Å²) in [5, 5.41) is 12.0. The second kappa shape index (κ2) is 9.00. The van der Waals surface area contributed by atoms with E-state index in [1.54, 1.807) is 31.4 Å². The van der Waals surface area contributed by atoms with E-state index in [1.807, 2.05) is 24.4 Å². The van der Waals surface area contributed by atoms with E-state index in [-0.39, 0.29) is 4.90 Å². The maximum absolute atomic E-state index is 12.9. The zero-order valence-corrected chi connectivity index (χ0v) is 18.8. The van der Waals surface area contributed by atoms with Crippen LogP contribution in [-0.2, 0) is 16.6 Å². The molecule has 31 heavy (non-hydrogen) atoms. The first-order chi connectivity index (χ1) is 14.9. The molecule has 0 bridgehead atoms. The highest BCUT2D eigenvalue weighted by molar-refractivity contribution is 7.89. The highest BCUT2D eigenvalue weighted by Gasteiger charge is 2.29. The molecule has 0 aliphatic carbocycles. The summed E-state index contributed by atoms with van der Waals surface area (Å²) in [4.78, 5) is 2.40. The number of methoxy groups -OCH3 is 1. The fourth-order valence-electron chi connectivity index (χ4n) is 4.19. The van der Waals surface area contributed by atoms with Crippen LogP contribution in [0.25, 0.3) is 10.9 Å². The number of aromatic nitrogens is 1. The number of aliphatic hydroxyl groups excluding tert-OH is 1. The standard InChI is InChI=1S/C23H29N3O4S/c1-3-25-16-21(20-6-4-5-7-22(20)25)23(27)17-24-12-14-26(15-13-24)31(28,29)19-10-8-18(30-2)9-11-19/h4-11,16,23,27H,3,12-15,17H2,1-2H3/t23-/m0/s1. The number of aliphatic hydroxyl groups is 1. The molecule has 2 heterocycles. The van der Waals surface area contributed by atoms with Gasteiger partial charge in [0.05, 0.1) is 18.1 Å². The maximum atomic E-state index is 12.9. The molecular formula is C23H29N3O4S. The number of aryl methyl sites for hydroxylation is 1. The summed E-state index contributed by atoms with van der Waals surface area (Å²) in [7, 11) is -1.98. The van der Waals surface area contributed by atoms with Gasteiger partial charge in [0.15, 0.2) is 0 Å². The number of benzene rings is 2. The lowest BCUT2D eigenvalue weighted by atomic mass is 10.1. The number of fused-ring (bicyclic) bond motifs is 1. The van der Waals surface area contributed by atoms with Gasteiger partial charge in [0.1, 0.15) is 5.75 Å². The van der Waals surface area contributed by atoms with Crippen molar-refractivity contribution in [1.82, 2.24) is 13.8 Å². The lowest BCUT2D eigenvalue weighted by molar-refractivity contribution is 0.0928. The minimum atomic E-state index is -3.53. The summed E-state index contributed by atoms with van der Waals surface area (Å²) >= 11 is 0. The Hall–Kier alpha value is -2.39. The third kappa shape index (κ3) is 4.34. The number of nitrogens with zero attached hydrogens (tertiary/aromatic N) is 3. The van der Waals surface area contributed by atoms with Crippen molar-refractivity contribution in [3.63, 3.8) is 0 Å². The number of β-amino-alcohol motifs (C(OH)–C–C–N with tert-alkyl or cyclic N) is 1. The van der Waals surface area contributed by atoms with Gasteiger partial charge in [0.25, 0.3) is 0 Å². The van der Waals surface area contributed by atoms with Gasteiger partial charge < -0.3 is 14.4 Å². The van der Waals surface area contributed by atoms with Crippen LogP contribution in [-0.4, -0.2) is 67.1 Å². The number of ether oxygens (including phenoxy) is 1. The Balaban J connectivity index is 1.41. The van der Waals surface area contributed by atoms with E-state index in [4.69, 9.17) is 4.74 Å². The predicted octanol–water partition coefficient (Wildman–Crippen LogP) is 2.71. The van der Waals surface area contributed by atoms with Crippen molar-refractivity contribution in [1.29, 1.82) is 0 Å². The van der Waals surface area contributed by atoms with Crippen molar-refractivity contribution in [3.05, 3.63) is 60.3 Å². The number of hydrogen-bond acceptors (Lipinski definition) is 5. The normalized spacial score (nSPS) is 17.1. The van der Waals surface area contributed by atoms with Gasteiger partial charge in [-0.25, -0.2) is 8.42 Å². The summed E-state index contributed by atoms with van der Waals surface area (Å²) < 4.78 is 34.6. The zero-order chi connectivity index (χ0) is 22.0. The van der Waals surface area contributed by atoms with Crippen molar-refractivity contribution in [2.45, 2.75) is 24.5 Å². The van der Waals surface area contributed by atoms with Crippen LogP contribution < -0.4 is 4.74 Å². The van der Waals surface area contributed by atoms with E-state index in [0.29, 0.717) is 38.5 Å². The molecule has 1 aliphatic heterocycles. The lowest BCUT2D eigenvalue weighted by Gasteiger charge is -2.34. The highest BCUT2D eigenvalue weighted by atomic mass is 32.2. The molecule has 0 radical (unpaired) electrons. The summed E-state index contributed by atoms with van der Waals surface area (Å²) in [5.41, 5.74) is 2.04. The quantitative estimate of drug-likeness (QED) is 0.608. The minimum Gasteiger partial charge on any atom is -0.497 e. The van der Waals surface area contributed by atoms with Crippen LogP contribution in [0.2, 0.25) is 0 Å². The van der Waals surface area contributed by atoms with Crippen molar-refractivity contribution in [2.24, 2.45) is 0 Å². The topological polar surface area (TPSA) is 75.0 Å². The Morgan fingerprint density at radius 1 is 1.03 bits per heavy atom. The van der Waals surface area contributed by atoms with Crippen molar-refractivity contribution >= 4 is 20.9 Å². The van der Waals surface area contributed by atoms with E-state index >= 15 is 0 Å². The molecule has 166 valence electrons. The molecule has 2 aromatic carbocycles. The van der Waals surface area contributed by atoms with Gasteiger partial charge in [-0.3, -0.25) is 4.90 Å². The third-order valence-corrected chi connectivity index (χ3v) is 7.89. The summed E-state index contributed by atoms with van der Waals surface area (Å²) in [6, 6.07) is 14.6. The lowest BCUT2D eigenvalue weighted by Crippen LogP contribution is -2.49. The first kappa shape index (κ1) is 21.8. The van der Waals surface area contributed by atoms with Crippen LogP contribution in [0, 0.1) is 0 Å². The summed E-state index contributed by atoms with van der Waals surface area (Å²) in [5.74, 6) is 0.627. The van der Waals surface area contributed by atoms with E-state index in [0.717, 1.165) is 23.0 Å². The number of hydrogen-bond donors (Lipinski definition) is 1. The van der Waals surface area contributed by atoms with Crippen LogP contribution in [0.15, 0.2) is 59.6 Å². The first-order valence-corrected chi connectivity index (χ1v) is 12.0. The molecule has 1 N–H and O–H groups in total. The molecule has 0 unspecified atom stereocenters. The molecule has 0 spiro atoms. The molecule has 8 heteroatoms. The maximum Gasteiger partial charge on any atom is 0.243 e. The Morgan fingerprint density at radius 2 is 1.71 bits per heavy atom. The monoisotopic (exact) mass is 443 g/mol. The SMILES string of the molecule is CCn1cc([C@@H](O)CN2CCN(S(=O)(=O)c3ccc(OC)cc3)CC2)c2ccccc21. The second-order valence-corrected chi connectivity index (χ2v) is 9.72. The molecular weight excluding hydrogens is 414 g/mol. The largest absolute Gasteiger partial charge is 0.497 e. The van der Waals surface area contributed by atoms with Crippen LogP contribution >= 0.6 is 0 Å². The fraction of sp³-hybridized carbons (Fsp3) is 0.391. The van der Waals surface area contributed by atoms with Gasteiger partial charge in [-0.2, -0.15) is 4.31 Å². The van der Waals surface area contributed by atoms with E-state index in [9.17, 15) is 13.5 Å². The van der Waals surface area contributed by atoms with Crippen molar-refractivity contribution < 1.29 is 18.3 Å². The minimum absolute atomic E-state index is 0.272. The Labute approximate surface area is 183 Å². The Morgan fingerprint density at radius 3 is 2.35 bits per heavy atom.